The standard InChI is InChI=1S/C18H23N5O3S/c1-3-5-9-18(21-22-18)10-6-14(24)23-11-7-13(8-12-23)15-19-20-16(27-15)17(25)26-4-2/h1,13H,4-12H2,2H3. The number of rotatable bonds is 8. The number of hydrogen-bond acceptors (Lipinski definition) is 8. The maximum atomic E-state index is 12.5. The molecule has 2 aliphatic heterocycles. The third-order valence-electron chi connectivity index (χ3n) is 4.88. The molecule has 0 atom stereocenters. The second-order valence-corrected chi connectivity index (χ2v) is 7.72. The van der Waals surface area contributed by atoms with Gasteiger partial charge >= 0.3 is 5.97 Å². The van der Waals surface area contributed by atoms with Gasteiger partial charge in [0.1, 0.15) is 5.01 Å². The van der Waals surface area contributed by atoms with Gasteiger partial charge in [0.05, 0.1) is 6.61 Å². The number of hydrogen-bond donors (Lipinski definition) is 0. The molecule has 0 aliphatic carbocycles. The summed E-state index contributed by atoms with van der Waals surface area (Å²) in [5.41, 5.74) is -0.406. The van der Waals surface area contributed by atoms with Gasteiger partial charge in [-0.1, -0.05) is 11.3 Å². The van der Waals surface area contributed by atoms with E-state index in [-0.39, 0.29) is 11.8 Å². The smallest absolute Gasteiger partial charge is 0.369 e. The molecule has 9 heteroatoms. The normalized spacial score (nSPS) is 18.1. The Kier molecular flexibility index (Phi) is 6.16. The highest BCUT2D eigenvalue weighted by molar-refractivity contribution is 7.13. The minimum atomic E-state index is -0.427. The molecule has 144 valence electrons. The summed E-state index contributed by atoms with van der Waals surface area (Å²) in [6.45, 7) is 3.45. The topological polar surface area (TPSA) is 97.1 Å². The van der Waals surface area contributed by atoms with Crippen LogP contribution in [-0.2, 0) is 9.53 Å². The minimum Gasteiger partial charge on any atom is -0.461 e. The molecule has 1 aromatic heterocycles. The van der Waals surface area contributed by atoms with Crippen LogP contribution in [0.25, 0.3) is 0 Å². The van der Waals surface area contributed by atoms with Crippen LogP contribution in [0.15, 0.2) is 10.2 Å². The quantitative estimate of drug-likeness (QED) is 0.503. The number of ether oxygens (including phenoxy) is 1. The van der Waals surface area contributed by atoms with Crippen LogP contribution in [0.1, 0.15) is 66.2 Å². The maximum Gasteiger partial charge on any atom is 0.369 e. The summed E-state index contributed by atoms with van der Waals surface area (Å²) in [5, 5.41) is 17.4. The van der Waals surface area contributed by atoms with Gasteiger partial charge in [-0.2, -0.15) is 10.2 Å². The van der Waals surface area contributed by atoms with Crippen LogP contribution in [0.3, 0.4) is 0 Å². The van der Waals surface area contributed by atoms with E-state index in [1.54, 1.807) is 6.92 Å². The molecular weight excluding hydrogens is 366 g/mol. The predicted octanol–water partition coefficient (Wildman–Crippen LogP) is 2.78. The van der Waals surface area contributed by atoms with E-state index in [9.17, 15) is 9.59 Å². The SMILES string of the molecule is C#CCCC1(CCC(=O)N2CCC(c3nnc(C(=O)OCC)s3)CC2)N=N1. The molecule has 1 aromatic rings. The third kappa shape index (κ3) is 4.89. The fourth-order valence-electron chi connectivity index (χ4n) is 3.18. The van der Waals surface area contributed by atoms with Crippen LogP contribution in [-0.4, -0.2) is 52.3 Å². The van der Waals surface area contributed by atoms with E-state index < -0.39 is 11.6 Å². The molecule has 0 unspecified atom stereocenters. The maximum absolute atomic E-state index is 12.5. The van der Waals surface area contributed by atoms with Crippen molar-refractivity contribution in [3.63, 3.8) is 0 Å². The Bertz CT molecular complexity index is 755. The van der Waals surface area contributed by atoms with Crippen molar-refractivity contribution >= 4 is 23.2 Å². The molecule has 0 N–H and O–H groups in total. The summed E-state index contributed by atoms with van der Waals surface area (Å²) in [6, 6.07) is 0. The van der Waals surface area contributed by atoms with Crippen molar-refractivity contribution in [1.82, 2.24) is 15.1 Å². The first kappa shape index (κ1) is 19.4. The summed E-state index contributed by atoms with van der Waals surface area (Å²) >= 11 is 1.29. The lowest BCUT2D eigenvalue weighted by Gasteiger charge is -2.31. The Balaban J connectivity index is 1.44. The van der Waals surface area contributed by atoms with E-state index in [1.165, 1.54) is 11.3 Å². The average molecular weight is 389 g/mol. The molecule has 1 saturated heterocycles. The fraction of sp³-hybridized carbons (Fsp3) is 0.667. The molecule has 0 spiro atoms. The molecule has 0 aromatic carbocycles. The Labute approximate surface area is 162 Å². The Morgan fingerprint density at radius 2 is 2.04 bits per heavy atom. The number of carbonyl (C=O) groups excluding carboxylic acids is 2. The molecule has 2 aliphatic rings. The van der Waals surface area contributed by atoms with Gasteiger partial charge in [0, 0.05) is 44.7 Å². The summed E-state index contributed by atoms with van der Waals surface area (Å²) in [4.78, 5) is 26.1. The van der Waals surface area contributed by atoms with Crippen LogP contribution in [0.5, 0.6) is 0 Å². The monoisotopic (exact) mass is 389 g/mol. The van der Waals surface area contributed by atoms with Crippen LogP contribution >= 0.6 is 11.3 Å². The molecule has 0 bridgehead atoms. The highest BCUT2D eigenvalue weighted by Crippen LogP contribution is 2.38. The molecular formula is C18H23N5O3S. The first-order valence-electron chi connectivity index (χ1n) is 9.22. The molecule has 3 heterocycles. The number of terminal acetylenes is 1. The molecule has 0 saturated carbocycles. The first-order valence-corrected chi connectivity index (χ1v) is 10.0. The minimum absolute atomic E-state index is 0.135. The number of piperidine rings is 1. The molecule has 1 amide bonds. The van der Waals surface area contributed by atoms with Crippen molar-refractivity contribution in [2.24, 2.45) is 10.2 Å². The second kappa shape index (κ2) is 8.57. The van der Waals surface area contributed by atoms with E-state index in [1.807, 2.05) is 4.90 Å². The van der Waals surface area contributed by atoms with Crippen molar-refractivity contribution in [2.45, 2.75) is 57.0 Å². The predicted molar refractivity (Wildman–Crippen MR) is 99.3 cm³/mol. The van der Waals surface area contributed by atoms with Crippen LogP contribution in [0, 0.1) is 12.3 Å². The van der Waals surface area contributed by atoms with E-state index in [4.69, 9.17) is 11.2 Å². The van der Waals surface area contributed by atoms with Gasteiger partial charge in [0.25, 0.3) is 0 Å². The number of likely N-dealkylation sites (tertiary alicyclic amines) is 1. The number of nitrogens with zero attached hydrogens (tertiary/aromatic N) is 5. The summed E-state index contributed by atoms with van der Waals surface area (Å²) < 4.78 is 4.95. The van der Waals surface area contributed by atoms with E-state index in [0.29, 0.717) is 44.0 Å². The molecule has 27 heavy (non-hydrogen) atoms. The molecule has 8 nitrogen and oxygen atoms in total. The summed E-state index contributed by atoms with van der Waals surface area (Å²) in [6.07, 6.45) is 9.35. The lowest BCUT2D eigenvalue weighted by molar-refractivity contribution is -0.132. The Morgan fingerprint density at radius 1 is 1.30 bits per heavy atom. The van der Waals surface area contributed by atoms with Gasteiger partial charge in [-0.3, -0.25) is 4.79 Å². The van der Waals surface area contributed by atoms with Crippen molar-refractivity contribution in [3.05, 3.63) is 10.0 Å². The van der Waals surface area contributed by atoms with Crippen LogP contribution in [0.2, 0.25) is 0 Å². The van der Waals surface area contributed by atoms with Gasteiger partial charge < -0.3 is 9.64 Å². The largest absolute Gasteiger partial charge is 0.461 e. The molecule has 1 fully saturated rings. The van der Waals surface area contributed by atoms with Crippen molar-refractivity contribution in [2.75, 3.05) is 19.7 Å². The molecule has 0 radical (unpaired) electrons. The summed E-state index contributed by atoms with van der Waals surface area (Å²) in [5.74, 6) is 2.53. The lowest BCUT2D eigenvalue weighted by atomic mass is 9.96. The number of carbonyl (C=O) groups is 2. The number of esters is 1. The fourth-order valence-corrected chi connectivity index (χ4v) is 4.09. The van der Waals surface area contributed by atoms with E-state index in [2.05, 4.69) is 26.3 Å². The van der Waals surface area contributed by atoms with Crippen molar-refractivity contribution in [3.8, 4) is 12.3 Å². The van der Waals surface area contributed by atoms with Crippen LogP contribution in [0.4, 0.5) is 0 Å². The number of amides is 1. The summed E-state index contributed by atoms with van der Waals surface area (Å²) in [7, 11) is 0. The first-order chi connectivity index (χ1) is 13.1. The van der Waals surface area contributed by atoms with Crippen molar-refractivity contribution in [1.29, 1.82) is 0 Å². The number of aromatic nitrogens is 2. The zero-order chi connectivity index (χ0) is 19.3. The van der Waals surface area contributed by atoms with E-state index >= 15 is 0 Å². The highest BCUT2D eigenvalue weighted by atomic mass is 32.1. The van der Waals surface area contributed by atoms with Gasteiger partial charge in [0.15, 0.2) is 5.66 Å². The van der Waals surface area contributed by atoms with Gasteiger partial charge in [-0.05, 0) is 19.8 Å². The molecule has 3 rings (SSSR count). The second-order valence-electron chi connectivity index (χ2n) is 6.71. The Morgan fingerprint density at radius 3 is 2.67 bits per heavy atom. The lowest BCUT2D eigenvalue weighted by Crippen LogP contribution is -2.38. The van der Waals surface area contributed by atoms with Gasteiger partial charge in [-0.25, -0.2) is 4.79 Å². The van der Waals surface area contributed by atoms with E-state index in [0.717, 1.165) is 24.3 Å². The zero-order valence-electron chi connectivity index (χ0n) is 15.4. The van der Waals surface area contributed by atoms with Gasteiger partial charge in [-0.15, -0.1) is 22.5 Å². The van der Waals surface area contributed by atoms with Crippen LogP contribution < -0.4 is 0 Å². The Hall–Kier alpha value is -2.34. The van der Waals surface area contributed by atoms with Crippen molar-refractivity contribution < 1.29 is 14.3 Å². The highest BCUT2D eigenvalue weighted by Gasteiger charge is 2.40. The average Bonchev–Trinajstić information content (AvgIpc) is 3.28. The zero-order valence-corrected chi connectivity index (χ0v) is 16.2. The van der Waals surface area contributed by atoms with Gasteiger partial charge in [0.2, 0.25) is 10.9 Å². The third-order valence-corrected chi connectivity index (χ3v) is 5.95.